The van der Waals surface area contributed by atoms with E-state index in [1.165, 1.54) is 7.11 Å². The maximum atomic E-state index is 12.4. The number of carbonyl (C=O) groups is 1. The number of alkyl halides is 1. The van der Waals surface area contributed by atoms with Crippen molar-refractivity contribution in [2.45, 2.75) is 30.6 Å². The Labute approximate surface area is 143 Å². The third-order valence-electron chi connectivity index (χ3n) is 3.57. The van der Waals surface area contributed by atoms with Crippen molar-refractivity contribution in [3.05, 3.63) is 4.91 Å². The van der Waals surface area contributed by atoms with Crippen LogP contribution in [0.3, 0.4) is 0 Å². The van der Waals surface area contributed by atoms with Crippen LogP contribution < -0.4 is 0 Å². The van der Waals surface area contributed by atoms with Gasteiger partial charge in [-0.3, -0.25) is 4.90 Å². The Hall–Kier alpha value is -1.08. The Balaban J connectivity index is 3.04. The highest BCUT2D eigenvalue weighted by Crippen LogP contribution is 2.24. The van der Waals surface area contributed by atoms with E-state index in [-0.39, 0.29) is 25.6 Å². The second-order valence-electron chi connectivity index (χ2n) is 5.08. The van der Waals surface area contributed by atoms with Crippen LogP contribution in [0.4, 0.5) is 4.79 Å². The zero-order chi connectivity index (χ0) is 18.3. The van der Waals surface area contributed by atoms with Gasteiger partial charge in [0.25, 0.3) is 0 Å². The molecule has 0 aromatic rings. The molecule has 12 heteroatoms. The Kier molecular flexibility index (Phi) is 8.76. The van der Waals surface area contributed by atoms with Crippen molar-refractivity contribution in [1.82, 2.24) is 9.91 Å². The molecular formula is C12H22ClN3O8. The number of halogens is 1. The normalized spacial score (nSPS) is 30.0. The van der Waals surface area contributed by atoms with Crippen molar-refractivity contribution in [2.75, 3.05) is 39.3 Å². The van der Waals surface area contributed by atoms with Crippen LogP contribution in [0.2, 0.25) is 0 Å². The first-order valence-electron chi connectivity index (χ1n) is 7.19. The van der Waals surface area contributed by atoms with E-state index in [4.69, 9.17) is 21.1 Å². The molecule has 0 radical (unpaired) electrons. The topological polar surface area (TPSA) is 152 Å². The highest BCUT2D eigenvalue weighted by Gasteiger charge is 2.47. The molecule has 0 spiro atoms. The van der Waals surface area contributed by atoms with Crippen molar-refractivity contribution in [1.29, 1.82) is 0 Å². The van der Waals surface area contributed by atoms with Gasteiger partial charge in [0.2, 0.25) is 0 Å². The Morgan fingerprint density at radius 3 is 2.42 bits per heavy atom. The Morgan fingerprint density at radius 1 is 1.25 bits per heavy atom. The van der Waals surface area contributed by atoms with Gasteiger partial charge in [0.05, 0.1) is 25.0 Å². The van der Waals surface area contributed by atoms with Gasteiger partial charge in [-0.1, -0.05) is 0 Å². The van der Waals surface area contributed by atoms with Crippen LogP contribution in [0.5, 0.6) is 0 Å². The predicted octanol–water partition coefficient (Wildman–Crippen LogP) is -1.92. The summed E-state index contributed by atoms with van der Waals surface area (Å²) in [5, 5.41) is 42.1. The molecule has 24 heavy (non-hydrogen) atoms. The molecule has 1 aliphatic heterocycles. The van der Waals surface area contributed by atoms with E-state index < -0.39 is 43.3 Å². The SMILES string of the molecule is COCCN(C(=O)N(CCCl)N=O)C1O[C@H](CO)[C@@H](O)[C@H](O)[C@@H]1O. The lowest BCUT2D eigenvalue weighted by molar-refractivity contribution is -0.258. The van der Waals surface area contributed by atoms with Gasteiger partial charge in [-0.2, -0.15) is 5.01 Å². The fourth-order valence-corrected chi connectivity index (χ4v) is 2.42. The van der Waals surface area contributed by atoms with Crippen molar-refractivity contribution in [3.63, 3.8) is 0 Å². The van der Waals surface area contributed by atoms with Gasteiger partial charge < -0.3 is 29.9 Å². The maximum Gasteiger partial charge on any atom is 0.345 e. The number of nitrogens with zero attached hydrogens (tertiary/aromatic N) is 3. The van der Waals surface area contributed by atoms with Crippen molar-refractivity contribution in [3.8, 4) is 0 Å². The van der Waals surface area contributed by atoms with Gasteiger partial charge in [-0.25, -0.2) is 4.79 Å². The summed E-state index contributed by atoms with van der Waals surface area (Å²) in [6, 6.07) is -0.924. The number of hydrogen-bond acceptors (Lipinski definition) is 9. The third-order valence-corrected chi connectivity index (χ3v) is 3.74. The number of nitroso groups, excluding NO2 is 1. The third kappa shape index (κ3) is 4.72. The van der Waals surface area contributed by atoms with Crippen LogP contribution in [0.15, 0.2) is 5.29 Å². The molecule has 11 nitrogen and oxygen atoms in total. The van der Waals surface area contributed by atoms with Gasteiger partial charge in [0, 0.05) is 19.5 Å². The minimum atomic E-state index is -1.67. The molecule has 1 rings (SSSR count). The van der Waals surface area contributed by atoms with Crippen molar-refractivity contribution in [2.24, 2.45) is 5.29 Å². The van der Waals surface area contributed by atoms with E-state index in [0.29, 0.717) is 5.01 Å². The molecule has 1 saturated heterocycles. The second-order valence-corrected chi connectivity index (χ2v) is 5.46. The molecule has 1 heterocycles. The zero-order valence-corrected chi connectivity index (χ0v) is 13.8. The molecule has 140 valence electrons. The molecule has 0 aromatic heterocycles. The number of carbonyl (C=O) groups excluding carboxylic acids is 1. The fourth-order valence-electron chi connectivity index (χ4n) is 2.26. The standard InChI is InChI=1S/C12H22ClN3O8/c1-23-5-4-15(12(21)16(14-22)3-2-13)11-10(20)9(19)8(18)7(6-17)24-11/h7-11,17-20H,2-6H2,1H3/t7-,8-,9+,10+,11?/m1/s1. The average molecular weight is 372 g/mol. The first-order valence-corrected chi connectivity index (χ1v) is 7.73. The number of urea groups is 1. The summed E-state index contributed by atoms with van der Waals surface area (Å²) in [5.41, 5.74) is 0. The van der Waals surface area contributed by atoms with Crippen LogP contribution >= 0.6 is 11.6 Å². The van der Waals surface area contributed by atoms with E-state index in [1.54, 1.807) is 0 Å². The molecular weight excluding hydrogens is 350 g/mol. The summed E-state index contributed by atoms with van der Waals surface area (Å²) in [7, 11) is 1.38. The summed E-state index contributed by atoms with van der Waals surface area (Å²) in [6.45, 7) is -0.892. The second kappa shape index (κ2) is 10.0. The van der Waals surface area contributed by atoms with Gasteiger partial charge >= 0.3 is 6.03 Å². The summed E-state index contributed by atoms with van der Waals surface area (Å²) in [4.78, 5) is 24.2. The van der Waals surface area contributed by atoms with Crippen LogP contribution in [0.1, 0.15) is 0 Å². The summed E-state index contributed by atoms with van der Waals surface area (Å²) in [6.07, 6.45) is -7.53. The molecule has 0 bridgehead atoms. The average Bonchev–Trinajstić information content (AvgIpc) is 2.59. The van der Waals surface area contributed by atoms with Crippen LogP contribution in [-0.2, 0) is 9.47 Å². The van der Waals surface area contributed by atoms with Crippen molar-refractivity contribution >= 4 is 17.6 Å². The number of aliphatic hydroxyl groups is 4. The summed E-state index contributed by atoms with van der Waals surface area (Å²) in [5.74, 6) is -0.0513. The molecule has 2 amide bonds. The molecule has 0 aromatic carbocycles. The smallest absolute Gasteiger partial charge is 0.345 e. The van der Waals surface area contributed by atoms with E-state index >= 15 is 0 Å². The monoisotopic (exact) mass is 371 g/mol. The first-order chi connectivity index (χ1) is 11.4. The highest BCUT2D eigenvalue weighted by atomic mass is 35.5. The molecule has 1 fully saturated rings. The van der Waals surface area contributed by atoms with E-state index in [2.05, 4.69) is 5.29 Å². The van der Waals surface area contributed by atoms with E-state index in [0.717, 1.165) is 4.90 Å². The lowest BCUT2D eigenvalue weighted by Crippen LogP contribution is -2.65. The highest BCUT2D eigenvalue weighted by molar-refractivity contribution is 6.18. The summed E-state index contributed by atoms with van der Waals surface area (Å²) < 4.78 is 10.2. The van der Waals surface area contributed by atoms with Gasteiger partial charge in [-0.15, -0.1) is 16.5 Å². The first kappa shape index (κ1) is 21.0. The van der Waals surface area contributed by atoms with Gasteiger partial charge in [-0.05, 0) is 0 Å². The molecule has 1 unspecified atom stereocenters. The quantitative estimate of drug-likeness (QED) is 0.219. The molecule has 0 saturated carbocycles. The van der Waals surface area contributed by atoms with Crippen LogP contribution in [0, 0.1) is 4.91 Å². The number of ether oxygens (including phenoxy) is 2. The summed E-state index contributed by atoms with van der Waals surface area (Å²) >= 11 is 5.51. The lowest BCUT2D eigenvalue weighted by atomic mass is 9.98. The Bertz CT molecular complexity index is 416. The maximum absolute atomic E-state index is 12.4. The zero-order valence-electron chi connectivity index (χ0n) is 13.1. The number of aliphatic hydroxyl groups excluding tert-OH is 4. The molecule has 1 aliphatic rings. The molecule has 4 N–H and O–H groups in total. The van der Waals surface area contributed by atoms with Crippen LogP contribution in [-0.4, -0.2) is 106 Å². The Morgan fingerprint density at radius 2 is 1.92 bits per heavy atom. The van der Waals surface area contributed by atoms with Gasteiger partial charge in [0.15, 0.2) is 6.23 Å². The number of methoxy groups -OCH3 is 1. The predicted molar refractivity (Wildman–Crippen MR) is 81.0 cm³/mol. The number of amides is 2. The number of rotatable bonds is 8. The van der Waals surface area contributed by atoms with Gasteiger partial charge in [0.1, 0.15) is 24.4 Å². The fraction of sp³-hybridized carbons (Fsp3) is 0.917. The van der Waals surface area contributed by atoms with Crippen molar-refractivity contribution < 1.29 is 34.7 Å². The lowest BCUT2D eigenvalue weighted by Gasteiger charge is -2.44. The van der Waals surface area contributed by atoms with E-state index in [1.807, 2.05) is 0 Å². The van der Waals surface area contributed by atoms with Crippen LogP contribution in [0.25, 0.3) is 0 Å². The molecule has 5 atom stereocenters. The number of hydrogen-bond donors (Lipinski definition) is 4. The molecule has 0 aliphatic carbocycles. The largest absolute Gasteiger partial charge is 0.394 e. The minimum Gasteiger partial charge on any atom is -0.394 e. The minimum absolute atomic E-state index is 0.0360. The van der Waals surface area contributed by atoms with E-state index in [9.17, 15) is 30.1 Å².